The number of ether oxygens (including phenoxy) is 2. The Hall–Kier alpha value is -2.00. The van der Waals surface area contributed by atoms with Crippen LogP contribution in [0.3, 0.4) is 0 Å². The quantitative estimate of drug-likeness (QED) is 0.916. The van der Waals surface area contributed by atoms with Crippen LogP contribution in [0.4, 0.5) is 0 Å². The Labute approximate surface area is 113 Å². The molecule has 3 heteroatoms. The highest BCUT2D eigenvalue weighted by atomic mass is 16.6. The highest BCUT2D eigenvalue weighted by Crippen LogP contribution is 2.31. The van der Waals surface area contributed by atoms with Crippen molar-refractivity contribution in [3.05, 3.63) is 59.2 Å². The largest absolute Gasteiger partial charge is 0.486 e. The van der Waals surface area contributed by atoms with Gasteiger partial charge in [-0.25, -0.2) is 0 Å². The first-order valence-corrected chi connectivity index (χ1v) is 6.51. The number of fused-ring (bicyclic) bond motifs is 1. The molecule has 0 saturated carbocycles. The van der Waals surface area contributed by atoms with Gasteiger partial charge in [0.15, 0.2) is 11.5 Å². The van der Waals surface area contributed by atoms with Crippen molar-refractivity contribution in [1.29, 1.82) is 0 Å². The summed E-state index contributed by atoms with van der Waals surface area (Å²) in [4.78, 5) is 0. The molecule has 1 heterocycles. The maximum Gasteiger partial charge on any atom is 0.161 e. The Bertz CT molecular complexity index is 581. The lowest BCUT2D eigenvalue weighted by atomic mass is 10.0. The fourth-order valence-electron chi connectivity index (χ4n) is 2.30. The van der Waals surface area contributed by atoms with Gasteiger partial charge in [0.05, 0.1) is 0 Å². The molecule has 0 unspecified atom stereocenters. The van der Waals surface area contributed by atoms with Crippen molar-refractivity contribution in [3.63, 3.8) is 0 Å². The molecule has 0 bridgehead atoms. The highest BCUT2D eigenvalue weighted by Gasteiger charge is 2.11. The van der Waals surface area contributed by atoms with Crippen molar-refractivity contribution >= 4 is 0 Å². The molecule has 0 aliphatic carbocycles. The second kappa shape index (κ2) is 5.33. The smallest absolute Gasteiger partial charge is 0.161 e. The van der Waals surface area contributed by atoms with E-state index in [9.17, 15) is 0 Å². The number of benzene rings is 2. The van der Waals surface area contributed by atoms with E-state index in [0.717, 1.165) is 23.5 Å². The molecule has 3 nitrogen and oxygen atoms in total. The summed E-state index contributed by atoms with van der Waals surface area (Å²) in [5.74, 6) is 1.68. The summed E-state index contributed by atoms with van der Waals surface area (Å²) in [6.07, 6.45) is 0.879. The van der Waals surface area contributed by atoms with Crippen LogP contribution in [-0.2, 0) is 13.0 Å². The number of nitrogens with two attached hydrogens (primary N) is 1. The predicted molar refractivity (Wildman–Crippen MR) is 74.6 cm³/mol. The fourth-order valence-corrected chi connectivity index (χ4v) is 2.30. The summed E-state index contributed by atoms with van der Waals surface area (Å²) in [7, 11) is 0. The minimum atomic E-state index is 0.578. The second-order valence-electron chi connectivity index (χ2n) is 4.68. The number of rotatable bonds is 3. The molecule has 98 valence electrons. The molecule has 0 atom stereocenters. The summed E-state index contributed by atoms with van der Waals surface area (Å²) in [5.41, 5.74) is 9.31. The van der Waals surface area contributed by atoms with Gasteiger partial charge in [-0.2, -0.15) is 0 Å². The zero-order chi connectivity index (χ0) is 13.1. The molecule has 2 aromatic rings. The van der Waals surface area contributed by atoms with E-state index in [1.165, 1.54) is 11.1 Å². The third-order valence-electron chi connectivity index (χ3n) is 3.24. The topological polar surface area (TPSA) is 44.5 Å². The molecule has 1 aliphatic heterocycles. The molecule has 0 fully saturated rings. The van der Waals surface area contributed by atoms with Crippen LogP contribution >= 0.6 is 0 Å². The Morgan fingerprint density at radius 2 is 1.58 bits per heavy atom. The van der Waals surface area contributed by atoms with E-state index in [4.69, 9.17) is 15.2 Å². The van der Waals surface area contributed by atoms with E-state index in [1.54, 1.807) is 0 Å². The van der Waals surface area contributed by atoms with E-state index in [0.29, 0.717) is 19.8 Å². The average molecular weight is 255 g/mol. The van der Waals surface area contributed by atoms with Crippen molar-refractivity contribution in [2.75, 3.05) is 13.2 Å². The summed E-state index contributed by atoms with van der Waals surface area (Å²) in [6.45, 7) is 1.83. The SMILES string of the molecule is NCc1cccc(Cc2ccc3c(c2)OCCO3)c1. The molecule has 0 aromatic heterocycles. The Kier molecular flexibility index (Phi) is 3.38. The zero-order valence-electron chi connectivity index (χ0n) is 10.8. The summed E-state index contributed by atoms with van der Waals surface area (Å²) < 4.78 is 11.1. The van der Waals surface area contributed by atoms with Gasteiger partial charge in [-0.15, -0.1) is 0 Å². The molecular formula is C16H17NO2. The van der Waals surface area contributed by atoms with E-state index < -0.39 is 0 Å². The minimum absolute atomic E-state index is 0.578. The normalized spacial score (nSPS) is 13.3. The van der Waals surface area contributed by atoms with E-state index in [1.807, 2.05) is 12.1 Å². The molecule has 0 saturated heterocycles. The molecule has 19 heavy (non-hydrogen) atoms. The van der Waals surface area contributed by atoms with Gasteiger partial charge in [0.2, 0.25) is 0 Å². The first-order valence-electron chi connectivity index (χ1n) is 6.51. The third-order valence-corrected chi connectivity index (χ3v) is 3.24. The first kappa shape index (κ1) is 12.1. The summed E-state index contributed by atoms with van der Waals surface area (Å²) >= 11 is 0. The predicted octanol–water partition coefficient (Wildman–Crippen LogP) is 2.51. The van der Waals surface area contributed by atoms with Crippen LogP contribution in [0.25, 0.3) is 0 Å². The maximum atomic E-state index is 5.67. The van der Waals surface area contributed by atoms with Gasteiger partial charge in [0, 0.05) is 6.54 Å². The maximum absolute atomic E-state index is 5.67. The van der Waals surface area contributed by atoms with Gasteiger partial charge >= 0.3 is 0 Å². The third kappa shape index (κ3) is 2.71. The van der Waals surface area contributed by atoms with Crippen molar-refractivity contribution in [3.8, 4) is 11.5 Å². The van der Waals surface area contributed by atoms with E-state index >= 15 is 0 Å². The zero-order valence-corrected chi connectivity index (χ0v) is 10.8. The Morgan fingerprint density at radius 3 is 2.42 bits per heavy atom. The Morgan fingerprint density at radius 1 is 0.842 bits per heavy atom. The van der Waals surface area contributed by atoms with Crippen LogP contribution in [0.15, 0.2) is 42.5 Å². The molecule has 2 aromatic carbocycles. The van der Waals surface area contributed by atoms with Gasteiger partial charge in [-0.1, -0.05) is 30.3 Å². The fraction of sp³-hybridized carbons (Fsp3) is 0.250. The van der Waals surface area contributed by atoms with Gasteiger partial charge in [0.25, 0.3) is 0 Å². The lowest BCUT2D eigenvalue weighted by molar-refractivity contribution is 0.171. The first-order chi connectivity index (χ1) is 9.35. The van der Waals surface area contributed by atoms with Crippen LogP contribution in [0.2, 0.25) is 0 Å². The highest BCUT2D eigenvalue weighted by molar-refractivity contribution is 5.45. The second-order valence-corrected chi connectivity index (χ2v) is 4.68. The minimum Gasteiger partial charge on any atom is -0.486 e. The molecule has 0 amide bonds. The average Bonchev–Trinajstić information content (AvgIpc) is 2.47. The lowest BCUT2D eigenvalue weighted by Crippen LogP contribution is -2.15. The van der Waals surface area contributed by atoms with Crippen LogP contribution in [-0.4, -0.2) is 13.2 Å². The molecule has 3 rings (SSSR count). The van der Waals surface area contributed by atoms with Gasteiger partial charge in [0.1, 0.15) is 13.2 Å². The van der Waals surface area contributed by atoms with Gasteiger partial charge in [-0.3, -0.25) is 0 Å². The molecular weight excluding hydrogens is 238 g/mol. The van der Waals surface area contributed by atoms with Crippen molar-refractivity contribution < 1.29 is 9.47 Å². The van der Waals surface area contributed by atoms with Crippen LogP contribution in [0, 0.1) is 0 Å². The van der Waals surface area contributed by atoms with Crippen LogP contribution < -0.4 is 15.2 Å². The molecule has 0 spiro atoms. The van der Waals surface area contributed by atoms with E-state index in [2.05, 4.69) is 30.3 Å². The van der Waals surface area contributed by atoms with Gasteiger partial charge < -0.3 is 15.2 Å². The molecule has 2 N–H and O–H groups in total. The summed E-state index contributed by atoms with van der Waals surface area (Å²) in [6, 6.07) is 14.5. The van der Waals surface area contributed by atoms with Crippen LogP contribution in [0.5, 0.6) is 11.5 Å². The monoisotopic (exact) mass is 255 g/mol. The standard InChI is InChI=1S/C16H17NO2/c17-11-14-3-1-2-12(9-14)8-13-4-5-15-16(10-13)19-7-6-18-15/h1-5,9-10H,6-8,11,17H2. The van der Waals surface area contributed by atoms with Crippen molar-refractivity contribution in [2.45, 2.75) is 13.0 Å². The summed E-state index contributed by atoms with van der Waals surface area (Å²) in [5, 5.41) is 0. The molecule has 1 aliphatic rings. The van der Waals surface area contributed by atoms with Gasteiger partial charge in [-0.05, 0) is 35.2 Å². The van der Waals surface area contributed by atoms with E-state index in [-0.39, 0.29) is 0 Å². The van der Waals surface area contributed by atoms with Crippen molar-refractivity contribution in [1.82, 2.24) is 0 Å². The van der Waals surface area contributed by atoms with Crippen molar-refractivity contribution in [2.24, 2.45) is 5.73 Å². The molecule has 0 radical (unpaired) electrons. The lowest BCUT2D eigenvalue weighted by Gasteiger charge is -2.18. The number of hydrogen-bond donors (Lipinski definition) is 1. The Balaban J connectivity index is 1.82. The van der Waals surface area contributed by atoms with Crippen LogP contribution in [0.1, 0.15) is 16.7 Å². The number of hydrogen-bond acceptors (Lipinski definition) is 3.